The summed E-state index contributed by atoms with van der Waals surface area (Å²) in [4.78, 5) is 17.9. The molecule has 1 unspecified atom stereocenters. The van der Waals surface area contributed by atoms with Gasteiger partial charge in [-0.15, -0.1) is 0 Å². The summed E-state index contributed by atoms with van der Waals surface area (Å²) >= 11 is 0. The minimum absolute atomic E-state index is 0.102. The number of aliphatic imine (C=N–C) groups is 1. The average molecular weight is 380 g/mol. The van der Waals surface area contributed by atoms with Crippen molar-refractivity contribution >= 4 is 28.1 Å². The Bertz CT molecular complexity index is 895. The lowest BCUT2D eigenvalue weighted by Crippen LogP contribution is -2.35. The van der Waals surface area contributed by atoms with Gasteiger partial charge in [0, 0.05) is 28.2 Å². The number of nitrogens with zero attached hydrogens (tertiary/aromatic N) is 2. The number of hydrogen-bond acceptors (Lipinski definition) is 3. The summed E-state index contributed by atoms with van der Waals surface area (Å²) in [6.45, 7) is -0.225. The molecule has 3 rings (SSSR count). The molecule has 4 nitrogen and oxygen atoms in total. The van der Waals surface area contributed by atoms with E-state index in [1.165, 1.54) is 17.2 Å². The molecule has 1 atom stereocenters. The van der Waals surface area contributed by atoms with Gasteiger partial charge < -0.3 is 0 Å². The Morgan fingerprint density at radius 3 is 2.46 bits per heavy atom. The van der Waals surface area contributed by atoms with E-state index in [0.717, 1.165) is 12.1 Å². The molecule has 0 radical (unpaired) electrons. The second-order valence-electron chi connectivity index (χ2n) is 5.78. The highest BCUT2D eigenvalue weighted by Crippen LogP contribution is 2.35. The van der Waals surface area contributed by atoms with Crippen LogP contribution < -0.4 is 4.90 Å². The van der Waals surface area contributed by atoms with Gasteiger partial charge in [-0.2, -0.15) is 13.2 Å². The van der Waals surface area contributed by atoms with Crippen LogP contribution in [0.2, 0.25) is 0 Å². The standard InChI is InChI=1S/C18H15F3N2O2S/c1-26(25)11-23-15-8-7-13(18(19,20)21)9-14(15)17(22-10-16(23)24)12-5-3-2-4-6-12/h2-9H,10-11H2,1H3. The van der Waals surface area contributed by atoms with Crippen molar-refractivity contribution in [3.63, 3.8) is 0 Å². The largest absolute Gasteiger partial charge is 0.416 e. The molecule has 0 fully saturated rings. The lowest BCUT2D eigenvalue weighted by molar-refractivity contribution is -0.137. The molecule has 8 heteroatoms. The number of alkyl halides is 3. The van der Waals surface area contributed by atoms with Crippen LogP contribution in [-0.2, 0) is 21.8 Å². The molecule has 2 aromatic carbocycles. The quantitative estimate of drug-likeness (QED) is 0.821. The molecule has 1 aliphatic rings. The maximum absolute atomic E-state index is 13.2. The molecule has 0 saturated heterocycles. The summed E-state index contributed by atoms with van der Waals surface area (Å²) in [5.74, 6) is -0.512. The van der Waals surface area contributed by atoms with Crippen molar-refractivity contribution in [2.75, 3.05) is 23.6 Å². The van der Waals surface area contributed by atoms with Gasteiger partial charge in [0.1, 0.15) is 12.4 Å². The van der Waals surface area contributed by atoms with E-state index in [0.29, 0.717) is 11.3 Å². The number of rotatable bonds is 3. The highest BCUT2D eigenvalue weighted by molar-refractivity contribution is 7.84. The maximum Gasteiger partial charge on any atom is 0.416 e. The van der Waals surface area contributed by atoms with E-state index in [-0.39, 0.29) is 23.7 Å². The van der Waals surface area contributed by atoms with Gasteiger partial charge in [0.15, 0.2) is 0 Å². The number of fused-ring (bicyclic) bond motifs is 1. The first-order chi connectivity index (χ1) is 12.3. The lowest BCUT2D eigenvalue weighted by atomic mass is 9.98. The van der Waals surface area contributed by atoms with Crippen LogP contribution in [-0.4, -0.2) is 34.5 Å². The smallest absolute Gasteiger partial charge is 0.298 e. The number of carbonyl (C=O) groups excluding carboxylic acids is 1. The van der Waals surface area contributed by atoms with Gasteiger partial charge in [-0.1, -0.05) is 30.3 Å². The number of amides is 1. The predicted octanol–water partition coefficient (Wildman–Crippen LogP) is 3.23. The first-order valence-corrected chi connectivity index (χ1v) is 9.42. The van der Waals surface area contributed by atoms with E-state index in [1.807, 2.05) is 0 Å². The van der Waals surface area contributed by atoms with Crippen molar-refractivity contribution in [3.05, 3.63) is 65.2 Å². The summed E-state index contributed by atoms with van der Waals surface area (Å²) in [5.41, 5.74) is 0.567. The van der Waals surface area contributed by atoms with Crippen molar-refractivity contribution in [2.45, 2.75) is 6.18 Å². The Hall–Kier alpha value is -2.48. The Labute approximate surface area is 150 Å². The Morgan fingerprint density at radius 2 is 1.85 bits per heavy atom. The highest BCUT2D eigenvalue weighted by Gasteiger charge is 2.33. The third-order valence-electron chi connectivity index (χ3n) is 3.90. The predicted molar refractivity (Wildman–Crippen MR) is 94.8 cm³/mol. The number of benzene rings is 2. The molecule has 0 N–H and O–H groups in total. The number of benzodiazepines with no additional fused rings is 1. The third-order valence-corrected chi connectivity index (χ3v) is 4.52. The molecular formula is C18H15F3N2O2S. The molecule has 26 heavy (non-hydrogen) atoms. The zero-order chi connectivity index (χ0) is 18.9. The van der Waals surface area contributed by atoms with Gasteiger partial charge in [0.25, 0.3) is 0 Å². The molecule has 0 aliphatic carbocycles. The van der Waals surface area contributed by atoms with Crippen LogP contribution in [0.3, 0.4) is 0 Å². The maximum atomic E-state index is 13.2. The molecule has 136 valence electrons. The minimum Gasteiger partial charge on any atom is -0.298 e. The summed E-state index contributed by atoms with van der Waals surface area (Å²) in [6, 6.07) is 11.9. The summed E-state index contributed by atoms with van der Waals surface area (Å²) in [7, 11) is -1.35. The van der Waals surface area contributed by atoms with Crippen LogP contribution in [0.1, 0.15) is 16.7 Å². The zero-order valence-corrected chi connectivity index (χ0v) is 14.6. The number of hydrogen-bond donors (Lipinski definition) is 0. The molecule has 1 aliphatic heterocycles. The van der Waals surface area contributed by atoms with Gasteiger partial charge in [-0.25, -0.2) is 0 Å². The van der Waals surface area contributed by atoms with Crippen molar-refractivity contribution in [3.8, 4) is 0 Å². The first-order valence-electron chi connectivity index (χ1n) is 7.69. The second kappa shape index (κ2) is 7.03. The van der Waals surface area contributed by atoms with Crippen molar-refractivity contribution in [1.82, 2.24) is 0 Å². The highest BCUT2D eigenvalue weighted by atomic mass is 32.2. The Morgan fingerprint density at radius 1 is 1.15 bits per heavy atom. The van der Waals surface area contributed by atoms with Crippen LogP contribution in [0.15, 0.2) is 53.5 Å². The Balaban J connectivity index is 2.23. The number of anilines is 1. The molecule has 0 bridgehead atoms. The fraction of sp³-hybridized carbons (Fsp3) is 0.222. The number of carbonyl (C=O) groups is 1. The molecular weight excluding hydrogens is 365 g/mol. The summed E-state index contributed by atoms with van der Waals surface area (Å²) in [5, 5.41) is 0. The first kappa shape index (κ1) is 18.3. The molecule has 0 aromatic heterocycles. The lowest BCUT2D eigenvalue weighted by Gasteiger charge is -2.23. The molecule has 1 amide bonds. The normalized spacial score (nSPS) is 15.9. The zero-order valence-electron chi connectivity index (χ0n) is 13.8. The van der Waals surface area contributed by atoms with E-state index in [1.54, 1.807) is 30.3 Å². The molecule has 0 saturated carbocycles. The van der Waals surface area contributed by atoms with E-state index in [4.69, 9.17) is 0 Å². The average Bonchev–Trinajstić information content (AvgIpc) is 2.72. The topological polar surface area (TPSA) is 49.7 Å². The monoisotopic (exact) mass is 380 g/mol. The van der Waals surface area contributed by atoms with Crippen molar-refractivity contribution < 1.29 is 22.2 Å². The van der Waals surface area contributed by atoms with Crippen LogP contribution in [0.5, 0.6) is 0 Å². The SMILES string of the molecule is CS(=O)CN1C(=O)CN=C(c2ccccc2)c2cc(C(F)(F)F)ccc21. The van der Waals surface area contributed by atoms with Crippen LogP contribution >= 0.6 is 0 Å². The van der Waals surface area contributed by atoms with Crippen molar-refractivity contribution in [2.24, 2.45) is 4.99 Å². The molecule has 1 heterocycles. The number of halogens is 3. The summed E-state index contributed by atoms with van der Waals surface area (Å²) in [6.07, 6.45) is -3.09. The van der Waals surface area contributed by atoms with E-state index in [9.17, 15) is 22.2 Å². The molecule has 0 spiro atoms. The minimum atomic E-state index is -4.52. The van der Waals surface area contributed by atoms with Gasteiger partial charge in [0.2, 0.25) is 5.91 Å². The van der Waals surface area contributed by atoms with Gasteiger partial charge in [0.05, 0.1) is 17.0 Å². The van der Waals surface area contributed by atoms with Crippen LogP contribution in [0, 0.1) is 0 Å². The van der Waals surface area contributed by atoms with E-state index in [2.05, 4.69) is 4.99 Å². The van der Waals surface area contributed by atoms with Gasteiger partial charge >= 0.3 is 6.18 Å². The van der Waals surface area contributed by atoms with Crippen molar-refractivity contribution in [1.29, 1.82) is 0 Å². The van der Waals surface area contributed by atoms with Crippen LogP contribution in [0.4, 0.5) is 18.9 Å². The summed E-state index contributed by atoms with van der Waals surface area (Å²) < 4.78 is 51.3. The van der Waals surface area contributed by atoms with Crippen LogP contribution in [0.25, 0.3) is 0 Å². The van der Waals surface area contributed by atoms with E-state index >= 15 is 0 Å². The van der Waals surface area contributed by atoms with Gasteiger partial charge in [-0.3, -0.25) is 18.9 Å². The second-order valence-corrected chi connectivity index (χ2v) is 7.19. The fourth-order valence-electron chi connectivity index (χ4n) is 2.76. The fourth-order valence-corrected chi connectivity index (χ4v) is 3.40. The molecule has 2 aromatic rings. The van der Waals surface area contributed by atoms with Gasteiger partial charge in [-0.05, 0) is 18.2 Å². The van der Waals surface area contributed by atoms with E-state index < -0.39 is 28.4 Å². The third kappa shape index (κ3) is 3.70. The Kier molecular flexibility index (Phi) is 4.95.